The van der Waals surface area contributed by atoms with Gasteiger partial charge in [0.1, 0.15) is 6.10 Å². The van der Waals surface area contributed by atoms with Gasteiger partial charge in [0.2, 0.25) is 0 Å². The van der Waals surface area contributed by atoms with Gasteiger partial charge in [0.15, 0.2) is 6.10 Å². The van der Waals surface area contributed by atoms with E-state index in [4.69, 9.17) is 9.57 Å². The predicted molar refractivity (Wildman–Crippen MR) is 78.3 cm³/mol. The molecule has 1 aliphatic heterocycles. The Balaban J connectivity index is 1.86. The van der Waals surface area contributed by atoms with Crippen LogP contribution in [-0.2, 0) is 25.7 Å². The quantitative estimate of drug-likeness (QED) is 0.525. The van der Waals surface area contributed by atoms with Gasteiger partial charge in [0.05, 0.1) is 30.8 Å². The van der Waals surface area contributed by atoms with Crippen molar-refractivity contribution in [1.29, 1.82) is 0 Å². The number of benzene rings is 1. The normalized spacial score (nSPS) is 21.9. The summed E-state index contributed by atoms with van der Waals surface area (Å²) < 4.78 is 10.00. The molecule has 2 N–H and O–H groups in total. The van der Waals surface area contributed by atoms with Crippen LogP contribution >= 0.6 is 0 Å². The molecule has 0 saturated heterocycles. The van der Waals surface area contributed by atoms with Gasteiger partial charge in [-0.1, -0.05) is 30.3 Å². The molecular formula is C15H19NO7. The largest absolute Gasteiger partial charge is 0.458 e. The zero-order valence-corrected chi connectivity index (χ0v) is 12.6. The van der Waals surface area contributed by atoms with Crippen molar-refractivity contribution in [3.63, 3.8) is 0 Å². The summed E-state index contributed by atoms with van der Waals surface area (Å²) in [4.78, 5) is 16.2. The second-order valence-electron chi connectivity index (χ2n) is 4.95. The van der Waals surface area contributed by atoms with Crippen molar-refractivity contribution in [1.82, 2.24) is 0 Å². The van der Waals surface area contributed by atoms with Crippen LogP contribution in [-0.4, -0.2) is 58.3 Å². The van der Waals surface area contributed by atoms with Crippen molar-refractivity contribution < 1.29 is 34.2 Å². The summed E-state index contributed by atoms with van der Waals surface area (Å²) in [5, 5.41) is 31.5. The van der Waals surface area contributed by atoms with Crippen molar-refractivity contribution in [3.8, 4) is 0 Å². The van der Waals surface area contributed by atoms with Crippen LogP contribution < -0.4 is 0 Å². The lowest BCUT2D eigenvalue weighted by molar-refractivity contribution is -0.742. The molecule has 23 heavy (non-hydrogen) atoms. The molecule has 0 aromatic heterocycles. The lowest BCUT2D eigenvalue weighted by Gasteiger charge is -2.21. The number of nitrogens with zero attached hydrogens (tertiary/aromatic N) is 1. The van der Waals surface area contributed by atoms with E-state index in [1.54, 1.807) is 6.92 Å². The molecule has 1 aliphatic rings. The van der Waals surface area contributed by atoms with Crippen molar-refractivity contribution in [2.24, 2.45) is 0 Å². The second kappa shape index (κ2) is 7.91. The first-order chi connectivity index (χ1) is 11.0. The number of aliphatic hydroxyl groups is 2. The van der Waals surface area contributed by atoms with Gasteiger partial charge in [-0.05, 0) is 12.5 Å². The fourth-order valence-electron chi connectivity index (χ4n) is 2.14. The Bertz CT molecular complexity index is 560. The van der Waals surface area contributed by atoms with Gasteiger partial charge < -0.3 is 24.5 Å². The van der Waals surface area contributed by atoms with E-state index >= 15 is 0 Å². The molecule has 2 rings (SSSR count). The molecule has 0 radical (unpaired) electrons. The van der Waals surface area contributed by atoms with E-state index < -0.39 is 30.0 Å². The van der Waals surface area contributed by atoms with Gasteiger partial charge >= 0.3 is 11.7 Å². The van der Waals surface area contributed by atoms with E-state index in [1.807, 2.05) is 30.3 Å². The number of ether oxygens (including phenoxy) is 2. The Kier molecular flexibility index (Phi) is 5.91. The maximum absolute atomic E-state index is 11.6. The molecule has 1 heterocycles. The van der Waals surface area contributed by atoms with Gasteiger partial charge in [0, 0.05) is 0 Å². The lowest BCUT2D eigenvalue weighted by atomic mass is 10.1. The average molecular weight is 325 g/mol. The molecular weight excluding hydrogens is 306 g/mol. The number of esters is 1. The fraction of sp³-hybridized carbons (Fsp3) is 0.467. The third-order valence-electron chi connectivity index (χ3n) is 3.27. The van der Waals surface area contributed by atoms with Crippen LogP contribution in [0.15, 0.2) is 30.3 Å². The van der Waals surface area contributed by atoms with Crippen molar-refractivity contribution in [3.05, 3.63) is 41.1 Å². The highest BCUT2D eigenvalue weighted by atomic mass is 16.9. The highest BCUT2D eigenvalue weighted by Crippen LogP contribution is 2.16. The van der Waals surface area contributed by atoms with E-state index in [0.29, 0.717) is 0 Å². The minimum absolute atomic E-state index is 0.0519. The minimum Gasteiger partial charge on any atom is -0.458 e. The highest BCUT2D eigenvalue weighted by molar-refractivity contribution is 6.36. The van der Waals surface area contributed by atoms with Gasteiger partial charge in [-0.15, -0.1) is 0 Å². The van der Waals surface area contributed by atoms with E-state index in [9.17, 15) is 20.2 Å². The van der Waals surface area contributed by atoms with Crippen LogP contribution in [0.5, 0.6) is 0 Å². The molecule has 0 saturated carbocycles. The molecule has 3 atom stereocenters. The Morgan fingerprint density at radius 3 is 2.78 bits per heavy atom. The molecule has 126 valence electrons. The number of hydrogen-bond donors (Lipinski definition) is 2. The first kappa shape index (κ1) is 17.2. The molecule has 8 nitrogen and oxygen atoms in total. The van der Waals surface area contributed by atoms with Crippen LogP contribution in [0.1, 0.15) is 12.5 Å². The average Bonchev–Trinajstić information content (AvgIpc) is 2.83. The lowest BCUT2D eigenvalue weighted by Crippen LogP contribution is -2.43. The van der Waals surface area contributed by atoms with Crippen molar-refractivity contribution >= 4 is 11.7 Å². The van der Waals surface area contributed by atoms with Gasteiger partial charge in [0.25, 0.3) is 0 Å². The number of carbonyl (C=O) groups excluding carboxylic acids is 1. The predicted octanol–water partition coefficient (Wildman–Crippen LogP) is -0.247. The molecule has 1 aromatic rings. The third-order valence-corrected chi connectivity index (χ3v) is 3.27. The number of carbonyl (C=O) groups is 1. The molecule has 8 heteroatoms. The monoisotopic (exact) mass is 325 g/mol. The Morgan fingerprint density at radius 1 is 1.43 bits per heavy atom. The van der Waals surface area contributed by atoms with Gasteiger partial charge in [-0.3, -0.25) is 5.21 Å². The van der Waals surface area contributed by atoms with E-state index in [0.717, 1.165) is 5.56 Å². The molecule has 1 aromatic carbocycles. The van der Waals surface area contributed by atoms with Crippen molar-refractivity contribution in [2.75, 3.05) is 13.2 Å². The molecule has 0 amide bonds. The van der Waals surface area contributed by atoms with Crippen LogP contribution in [0.25, 0.3) is 0 Å². The number of hydrogen-bond acceptors (Lipinski definition) is 7. The maximum atomic E-state index is 11.6. The van der Waals surface area contributed by atoms with Crippen molar-refractivity contribution in [2.45, 2.75) is 31.8 Å². The minimum atomic E-state index is -1.58. The molecule has 0 bridgehead atoms. The summed E-state index contributed by atoms with van der Waals surface area (Å²) in [7, 11) is 0. The molecule has 0 unspecified atom stereocenters. The third kappa shape index (κ3) is 4.19. The molecule has 0 spiro atoms. The SMILES string of the molecule is CCOC(=O)C1=[N+]([O-])O[C@H]([C@H](O)COCc2ccccc2)[C@@H]1O. The molecule has 0 aliphatic carbocycles. The summed E-state index contributed by atoms with van der Waals surface area (Å²) in [5.74, 6) is -0.977. The highest BCUT2D eigenvalue weighted by Gasteiger charge is 2.47. The van der Waals surface area contributed by atoms with E-state index in [-0.39, 0.29) is 24.7 Å². The number of aliphatic hydroxyl groups excluding tert-OH is 2. The zero-order chi connectivity index (χ0) is 16.8. The summed E-state index contributed by atoms with van der Waals surface area (Å²) >= 11 is 0. The Hall–Kier alpha value is -2.16. The van der Waals surface area contributed by atoms with Gasteiger partial charge in [-0.25, -0.2) is 4.79 Å². The summed E-state index contributed by atoms with van der Waals surface area (Å²) in [5.41, 5.74) is 0.329. The Morgan fingerprint density at radius 2 is 2.13 bits per heavy atom. The first-order valence-corrected chi connectivity index (χ1v) is 7.20. The fourth-order valence-corrected chi connectivity index (χ4v) is 2.14. The summed E-state index contributed by atoms with van der Waals surface area (Å²) in [6.45, 7) is 1.71. The zero-order valence-electron chi connectivity index (χ0n) is 12.6. The smallest absolute Gasteiger partial charge is 0.408 e. The molecule has 0 fully saturated rings. The van der Waals surface area contributed by atoms with Crippen LogP contribution in [0.2, 0.25) is 0 Å². The van der Waals surface area contributed by atoms with E-state index in [2.05, 4.69) is 4.74 Å². The maximum Gasteiger partial charge on any atom is 0.408 e. The summed E-state index contributed by atoms with van der Waals surface area (Å²) in [6.07, 6.45) is -4.15. The van der Waals surface area contributed by atoms with E-state index in [1.165, 1.54) is 0 Å². The second-order valence-corrected chi connectivity index (χ2v) is 4.95. The van der Waals surface area contributed by atoms with Crippen LogP contribution in [0, 0.1) is 5.21 Å². The standard InChI is InChI=1S/C15H19NO7/c1-2-22-15(19)12-13(18)14(23-16(12)20)11(17)9-21-8-10-6-4-3-5-7-10/h3-7,11,13-14,17-18H,2,8-9H2,1H3/t11-,13-,14-/m1/s1. The van der Waals surface area contributed by atoms with Gasteiger partial charge in [-0.2, -0.15) is 0 Å². The number of rotatable bonds is 7. The van der Waals surface area contributed by atoms with Crippen LogP contribution in [0.4, 0.5) is 0 Å². The first-order valence-electron chi connectivity index (χ1n) is 7.20. The topological polar surface area (TPSA) is 111 Å². The van der Waals surface area contributed by atoms with Crippen LogP contribution in [0.3, 0.4) is 0 Å². The summed E-state index contributed by atoms with van der Waals surface area (Å²) in [6, 6.07) is 9.30. The Labute approximate surface area is 133 Å².